The molecule has 8 heteroatoms. The van der Waals surface area contributed by atoms with E-state index in [1.54, 1.807) is 6.92 Å². The van der Waals surface area contributed by atoms with E-state index < -0.39 is 36.2 Å². The van der Waals surface area contributed by atoms with Crippen LogP contribution in [0.3, 0.4) is 0 Å². The number of fused-ring (bicyclic) bond motifs is 3. The van der Waals surface area contributed by atoms with E-state index in [0.717, 1.165) is 22.3 Å². The van der Waals surface area contributed by atoms with Gasteiger partial charge in [-0.2, -0.15) is 0 Å². The van der Waals surface area contributed by atoms with Gasteiger partial charge in [-0.25, -0.2) is 4.79 Å². The first-order valence-electron chi connectivity index (χ1n) is 11.2. The maximum atomic E-state index is 12.6. The lowest BCUT2D eigenvalue weighted by Crippen LogP contribution is -2.50. The smallest absolute Gasteiger partial charge is 0.407 e. The summed E-state index contributed by atoms with van der Waals surface area (Å²) in [5.74, 6) is -1.46. The molecule has 1 aliphatic heterocycles. The number of alkyl carbamates (subject to hydrolysis) is 1. The quantitative estimate of drug-likeness (QED) is 0.567. The molecule has 1 unspecified atom stereocenters. The molecule has 4 rings (SSSR count). The molecule has 0 saturated carbocycles. The zero-order chi connectivity index (χ0) is 23.4. The third-order valence-corrected chi connectivity index (χ3v) is 6.26. The highest BCUT2D eigenvalue weighted by molar-refractivity contribution is 5.84. The van der Waals surface area contributed by atoms with E-state index >= 15 is 0 Å². The number of carbonyl (C=O) groups excluding carboxylic acids is 2. The summed E-state index contributed by atoms with van der Waals surface area (Å²) in [5.41, 5.74) is 4.54. The van der Waals surface area contributed by atoms with Crippen LogP contribution in [0.5, 0.6) is 0 Å². The van der Waals surface area contributed by atoms with Crippen molar-refractivity contribution in [2.45, 2.75) is 50.3 Å². The van der Waals surface area contributed by atoms with Crippen molar-refractivity contribution in [2.24, 2.45) is 0 Å². The van der Waals surface area contributed by atoms with Crippen LogP contribution >= 0.6 is 0 Å². The molecule has 174 valence electrons. The summed E-state index contributed by atoms with van der Waals surface area (Å²) in [6.07, 6.45) is -0.705. The van der Waals surface area contributed by atoms with Crippen LogP contribution in [0.25, 0.3) is 11.1 Å². The van der Waals surface area contributed by atoms with Crippen molar-refractivity contribution in [3.63, 3.8) is 0 Å². The average molecular weight is 453 g/mol. The van der Waals surface area contributed by atoms with Gasteiger partial charge in [0.2, 0.25) is 0 Å². The Hall–Kier alpha value is -3.39. The molecular formula is C25H28N2O6. The SMILES string of the molecule is CCC(CC(=O)O)NC(=O)[C@H]1OCC[C@H]1NC(=O)OCC1c2ccccc2-c2ccccc21. The number of hydrogen-bond acceptors (Lipinski definition) is 5. The third-order valence-electron chi connectivity index (χ3n) is 6.26. The van der Waals surface area contributed by atoms with E-state index in [-0.39, 0.29) is 18.9 Å². The highest BCUT2D eigenvalue weighted by Gasteiger charge is 2.37. The monoisotopic (exact) mass is 452 g/mol. The molecule has 2 aromatic rings. The zero-order valence-corrected chi connectivity index (χ0v) is 18.5. The standard InChI is InChI=1S/C25H28N2O6/c1-2-15(13-22(28)29)26-24(30)23-21(11-12-32-23)27-25(31)33-14-20-18-9-5-3-7-16(18)17-8-4-6-10-19(17)20/h3-10,15,20-21,23H,2,11-14H2,1H3,(H,26,30)(H,27,31)(H,28,29)/t15?,21-,23+/m1/s1. The van der Waals surface area contributed by atoms with Gasteiger partial charge in [-0.05, 0) is 35.1 Å². The summed E-state index contributed by atoms with van der Waals surface area (Å²) in [4.78, 5) is 36.1. The predicted molar refractivity (Wildman–Crippen MR) is 121 cm³/mol. The van der Waals surface area contributed by atoms with Gasteiger partial charge in [0.05, 0.1) is 12.5 Å². The molecule has 2 aromatic carbocycles. The third kappa shape index (κ3) is 5.01. The van der Waals surface area contributed by atoms with E-state index in [4.69, 9.17) is 14.6 Å². The number of nitrogens with one attached hydrogen (secondary N) is 2. The first-order chi connectivity index (χ1) is 16.0. The molecule has 0 bridgehead atoms. The van der Waals surface area contributed by atoms with E-state index in [9.17, 15) is 14.4 Å². The molecule has 8 nitrogen and oxygen atoms in total. The van der Waals surface area contributed by atoms with Crippen LogP contribution in [0.1, 0.15) is 43.2 Å². The Morgan fingerprint density at radius 1 is 1.09 bits per heavy atom. The van der Waals surface area contributed by atoms with Crippen molar-refractivity contribution < 1.29 is 29.0 Å². The van der Waals surface area contributed by atoms with Gasteiger partial charge in [0.25, 0.3) is 5.91 Å². The lowest BCUT2D eigenvalue weighted by Gasteiger charge is -2.22. The van der Waals surface area contributed by atoms with Crippen molar-refractivity contribution in [1.82, 2.24) is 10.6 Å². The Kier molecular flexibility index (Phi) is 6.93. The normalized spacial score (nSPS) is 19.9. The molecule has 0 radical (unpaired) electrons. The average Bonchev–Trinajstić information content (AvgIpc) is 3.39. The number of aliphatic carboxylic acids is 1. The molecule has 2 aliphatic rings. The summed E-state index contributed by atoms with van der Waals surface area (Å²) in [7, 11) is 0. The lowest BCUT2D eigenvalue weighted by atomic mass is 9.98. The first kappa shape index (κ1) is 22.8. The first-order valence-corrected chi connectivity index (χ1v) is 11.2. The Bertz CT molecular complexity index is 994. The number of carboxylic acids is 1. The van der Waals surface area contributed by atoms with Gasteiger partial charge in [-0.1, -0.05) is 55.5 Å². The fourth-order valence-corrected chi connectivity index (χ4v) is 4.58. The zero-order valence-electron chi connectivity index (χ0n) is 18.5. The summed E-state index contributed by atoms with van der Waals surface area (Å²) < 4.78 is 11.1. The van der Waals surface area contributed by atoms with Crippen molar-refractivity contribution in [3.05, 3.63) is 59.7 Å². The summed E-state index contributed by atoms with van der Waals surface area (Å²) in [5, 5.41) is 14.4. The molecule has 3 atom stereocenters. The van der Waals surface area contributed by atoms with Gasteiger partial charge in [-0.15, -0.1) is 0 Å². The molecule has 0 spiro atoms. The minimum absolute atomic E-state index is 0.0524. The molecule has 3 N–H and O–H groups in total. The Labute approximate surface area is 192 Å². The van der Waals surface area contributed by atoms with Crippen molar-refractivity contribution in [2.75, 3.05) is 13.2 Å². The number of carbonyl (C=O) groups is 3. The molecule has 1 aliphatic carbocycles. The van der Waals surface area contributed by atoms with Crippen molar-refractivity contribution in [1.29, 1.82) is 0 Å². The van der Waals surface area contributed by atoms with Crippen molar-refractivity contribution in [3.8, 4) is 11.1 Å². The van der Waals surface area contributed by atoms with Crippen LogP contribution in [0, 0.1) is 0 Å². The predicted octanol–water partition coefficient (Wildman–Crippen LogP) is 3.05. The maximum Gasteiger partial charge on any atom is 0.407 e. The van der Waals surface area contributed by atoms with Crippen LogP contribution in [-0.2, 0) is 19.1 Å². The summed E-state index contributed by atoms with van der Waals surface area (Å²) in [6.45, 7) is 2.30. The van der Waals surface area contributed by atoms with Crippen LogP contribution in [0.15, 0.2) is 48.5 Å². The van der Waals surface area contributed by atoms with E-state index in [2.05, 4.69) is 22.8 Å². The molecule has 1 saturated heterocycles. The van der Waals surface area contributed by atoms with Crippen molar-refractivity contribution >= 4 is 18.0 Å². The second-order valence-electron chi connectivity index (χ2n) is 8.37. The number of carboxylic acid groups (broad SMARTS) is 1. The summed E-state index contributed by atoms with van der Waals surface area (Å²) >= 11 is 0. The lowest BCUT2D eigenvalue weighted by molar-refractivity contribution is -0.138. The largest absolute Gasteiger partial charge is 0.481 e. The number of hydrogen-bond donors (Lipinski definition) is 3. The number of ether oxygens (including phenoxy) is 2. The van der Waals surface area contributed by atoms with Crippen LogP contribution < -0.4 is 10.6 Å². The second-order valence-corrected chi connectivity index (χ2v) is 8.37. The molecule has 33 heavy (non-hydrogen) atoms. The molecule has 0 aromatic heterocycles. The molecular weight excluding hydrogens is 424 g/mol. The minimum atomic E-state index is -0.984. The van der Waals surface area contributed by atoms with Gasteiger partial charge in [0.15, 0.2) is 6.10 Å². The van der Waals surface area contributed by atoms with Gasteiger partial charge < -0.3 is 25.2 Å². The van der Waals surface area contributed by atoms with E-state index in [1.165, 1.54) is 0 Å². The van der Waals surface area contributed by atoms with Gasteiger partial charge in [-0.3, -0.25) is 9.59 Å². The topological polar surface area (TPSA) is 114 Å². The number of benzene rings is 2. The fraction of sp³-hybridized carbons (Fsp3) is 0.400. The van der Waals surface area contributed by atoms with Crippen LogP contribution in [0.4, 0.5) is 4.79 Å². The second kappa shape index (κ2) is 10.0. The summed E-state index contributed by atoms with van der Waals surface area (Å²) in [6, 6.07) is 15.2. The Morgan fingerprint density at radius 3 is 2.33 bits per heavy atom. The maximum absolute atomic E-state index is 12.6. The minimum Gasteiger partial charge on any atom is -0.481 e. The van der Waals surface area contributed by atoms with E-state index in [1.807, 2.05) is 36.4 Å². The highest BCUT2D eigenvalue weighted by atomic mass is 16.6. The Balaban J connectivity index is 1.35. The Morgan fingerprint density at radius 2 is 1.73 bits per heavy atom. The number of rotatable bonds is 8. The highest BCUT2D eigenvalue weighted by Crippen LogP contribution is 2.44. The molecule has 1 heterocycles. The van der Waals surface area contributed by atoms with Crippen LogP contribution in [0.2, 0.25) is 0 Å². The van der Waals surface area contributed by atoms with E-state index in [0.29, 0.717) is 19.4 Å². The molecule has 1 fully saturated rings. The van der Waals surface area contributed by atoms with Gasteiger partial charge in [0, 0.05) is 18.6 Å². The number of amides is 2. The van der Waals surface area contributed by atoms with Gasteiger partial charge in [0.1, 0.15) is 6.61 Å². The fourth-order valence-electron chi connectivity index (χ4n) is 4.58. The van der Waals surface area contributed by atoms with Gasteiger partial charge >= 0.3 is 12.1 Å². The van der Waals surface area contributed by atoms with Crippen LogP contribution in [-0.4, -0.2) is 54.5 Å². The molecule has 2 amide bonds.